The van der Waals surface area contributed by atoms with Crippen LogP contribution >= 0.6 is 0 Å². The number of benzene rings is 1. The van der Waals surface area contributed by atoms with Crippen molar-refractivity contribution in [1.82, 2.24) is 0 Å². The molecule has 1 aromatic carbocycles. The molecule has 1 aliphatic carbocycles. The molecule has 0 unspecified atom stereocenters. The van der Waals surface area contributed by atoms with E-state index in [9.17, 15) is 13.6 Å². The second kappa shape index (κ2) is 6.39. The van der Waals surface area contributed by atoms with E-state index < -0.39 is 12.2 Å². The lowest BCUT2D eigenvalue weighted by atomic mass is 9.82. The molecule has 0 radical (unpaired) electrons. The highest BCUT2D eigenvalue weighted by Gasteiger charge is 2.35. The van der Waals surface area contributed by atoms with Crippen molar-refractivity contribution < 1.29 is 18.3 Å². The van der Waals surface area contributed by atoms with Crippen molar-refractivity contribution >= 4 is 11.6 Å². The van der Waals surface area contributed by atoms with Crippen LogP contribution in [0.25, 0.3) is 0 Å². The van der Waals surface area contributed by atoms with Crippen LogP contribution in [0.5, 0.6) is 5.75 Å². The Labute approximate surface area is 122 Å². The number of ether oxygens (including phenoxy) is 1. The van der Waals surface area contributed by atoms with Crippen molar-refractivity contribution in [2.45, 2.75) is 51.2 Å². The van der Waals surface area contributed by atoms with Gasteiger partial charge in [0.2, 0.25) is 5.91 Å². The molecule has 1 aliphatic rings. The van der Waals surface area contributed by atoms with Crippen LogP contribution in [0, 0.1) is 6.92 Å². The zero-order chi connectivity index (χ0) is 15.5. The van der Waals surface area contributed by atoms with E-state index in [-0.39, 0.29) is 11.7 Å². The molecular formula is C15H20F2N2O2. The van der Waals surface area contributed by atoms with Gasteiger partial charge in [0.25, 0.3) is 0 Å². The van der Waals surface area contributed by atoms with Crippen molar-refractivity contribution in [1.29, 1.82) is 0 Å². The van der Waals surface area contributed by atoms with Gasteiger partial charge < -0.3 is 15.8 Å². The van der Waals surface area contributed by atoms with Gasteiger partial charge in [0.15, 0.2) is 0 Å². The fourth-order valence-electron chi connectivity index (χ4n) is 2.57. The SMILES string of the molecule is Cc1ccc(NC(=O)C2(N)CCCCC2)cc1OC(F)F. The number of aryl methyl sites for hydroxylation is 1. The summed E-state index contributed by atoms with van der Waals surface area (Å²) in [7, 11) is 0. The minimum atomic E-state index is -2.89. The molecule has 0 aromatic heterocycles. The first-order valence-corrected chi connectivity index (χ1v) is 7.06. The van der Waals surface area contributed by atoms with Crippen LogP contribution in [0.1, 0.15) is 37.7 Å². The van der Waals surface area contributed by atoms with E-state index in [0.29, 0.717) is 24.1 Å². The van der Waals surface area contributed by atoms with Gasteiger partial charge in [-0.2, -0.15) is 8.78 Å². The van der Waals surface area contributed by atoms with Gasteiger partial charge in [0.1, 0.15) is 5.75 Å². The predicted molar refractivity (Wildman–Crippen MR) is 76.4 cm³/mol. The Balaban J connectivity index is 2.10. The molecule has 4 nitrogen and oxygen atoms in total. The molecule has 21 heavy (non-hydrogen) atoms. The number of hydrogen-bond acceptors (Lipinski definition) is 3. The molecule has 3 N–H and O–H groups in total. The summed E-state index contributed by atoms with van der Waals surface area (Å²) in [5.74, 6) is -0.216. The maximum atomic E-state index is 12.3. The number of anilines is 1. The third-order valence-corrected chi connectivity index (χ3v) is 3.86. The van der Waals surface area contributed by atoms with Gasteiger partial charge in [-0.05, 0) is 31.4 Å². The van der Waals surface area contributed by atoms with E-state index in [2.05, 4.69) is 10.1 Å². The number of amides is 1. The minimum Gasteiger partial charge on any atom is -0.434 e. The average molecular weight is 298 g/mol. The molecule has 0 spiro atoms. The molecule has 1 aromatic rings. The Hall–Kier alpha value is -1.69. The lowest BCUT2D eigenvalue weighted by molar-refractivity contribution is -0.122. The van der Waals surface area contributed by atoms with Crippen LogP contribution in [0.2, 0.25) is 0 Å². The van der Waals surface area contributed by atoms with Crippen LogP contribution in [0.3, 0.4) is 0 Å². The molecule has 1 fully saturated rings. The molecule has 1 saturated carbocycles. The molecule has 116 valence electrons. The molecule has 2 rings (SSSR count). The van der Waals surface area contributed by atoms with Crippen LogP contribution < -0.4 is 15.8 Å². The van der Waals surface area contributed by atoms with E-state index in [1.807, 2.05) is 0 Å². The van der Waals surface area contributed by atoms with Gasteiger partial charge in [-0.1, -0.05) is 25.3 Å². The standard InChI is InChI=1S/C15H20F2N2O2/c1-10-5-6-11(9-12(10)21-14(16)17)19-13(20)15(18)7-3-2-4-8-15/h5-6,9,14H,2-4,7-8,18H2,1H3,(H,19,20). The summed E-state index contributed by atoms with van der Waals surface area (Å²) in [5.41, 5.74) is 6.26. The van der Waals surface area contributed by atoms with Gasteiger partial charge in [-0.15, -0.1) is 0 Å². The van der Waals surface area contributed by atoms with Crippen molar-refractivity contribution in [3.05, 3.63) is 23.8 Å². The third-order valence-electron chi connectivity index (χ3n) is 3.86. The van der Waals surface area contributed by atoms with Crippen molar-refractivity contribution in [3.8, 4) is 5.75 Å². The Morgan fingerprint density at radius 3 is 2.62 bits per heavy atom. The Bertz CT molecular complexity index is 514. The van der Waals surface area contributed by atoms with E-state index in [1.54, 1.807) is 19.1 Å². The van der Waals surface area contributed by atoms with Gasteiger partial charge in [0, 0.05) is 11.8 Å². The van der Waals surface area contributed by atoms with Crippen molar-refractivity contribution in [2.24, 2.45) is 5.73 Å². The highest BCUT2D eigenvalue weighted by Crippen LogP contribution is 2.29. The molecule has 1 amide bonds. The van der Waals surface area contributed by atoms with Crippen molar-refractivity contribution in [3.63, 3.8) is 0 Å². The van der Waals surface area contributed by atoms with Crippen LogP contribution in [-0.2, 0) is 4.79 Å². The lowest BCUT2D eigenvalue weighted by Gasteiger charge is -2.31. The van der Waals surface area contributed by atoms with Crippen molar-refractivity contribution in [2.75, 3.05) is 5.32 Å². The lowest BCUT2D eigenvalue weighted by Crippen LogP contribution is -2.52. The van der Waals surface area contributed by atoms with E-state index in [1.165, 1.54) is 6.07 Å². The largest absolute Gasteiger partial charge is 0.434 e. The Morgan fingerprint density at radius 1 is 1.33 bits per heavy atom. The number of rotatable bonds is 4. The van der Waals surface area contributed by atoms with E-state index in [0.717, 1.165) is 19.3 Å². The van der Waals surface area contributed by atoms with Crippen LogP contribution in [0.15, 0.2) is 18.2 Å². The molecular weight excluding hydrogens is 278 g/mol. The van der Waals surface area contributed by atoms with E-state index in [4.69, 9.17) is 5.73 Å². The summed E-state index contributed by atoms with van der Waals surface area (Å²) in [4.78, 5) is 12.3. The number of carbonyl (C=O) groups is 1. The molecule has 0 atom stereocenters. The highest BCUT2D eigenvalue weighted by atomic mass is 19.3. The zero-order valence-corrected chi connectivity index (χ0v) is 12.0. The summed E-state index contributed by atoms with van der Waals surface area (Å²) in [5, 5.41) is 2.70. The first-order valence-electron chi connectivity index (χ1n) is 7.06. The second-order valence-electron chi connectivity index (χ2n) is 5.53. The van der Waals surface area contributed by atoms with Gasteiger partial charge in [-0.3, -0.25) is 4.79 Å². The van der Waals surface area contributed by atoms with Crippen LogP contribution in [-0.4, -0.2) is 18.1 Å². The van der Waals surface area contributed by atoms with Gasteiger partial charge >= 0.3 is 6.61 Å². The summed E-state index contributed by atoms with van der Waals surface area (Å²) in [6, 6.07) is 4.67. The number of carbonyl (C=O) groups excluding carboxylic acids is 1. The quantitative estimate of drug-likeness (QED) is 0.897. The van der Waals surface area contributed by atoms with Gasteiger partial charge in [0.05, 0.1) is 5.54 Å². The van der Waals surface area contributed by atoms with E-state index >= 15 is 0 Å². The topological polar surface area (TPSA) is 64.4 Å². The number of halogens is 2. The molecule has 6 heteroatoms. The monoisotopic (exact) mass is 298 g/mol. The zero-order valence-electron chi connectivity index (χ0n) is 12.0. The number of alkyl halides is 2. The second-order valence-corrected chi connectivity index (χ2v) is 5.53. The van der Waals surface area contributed by atoms with Crippen LogP contribution in [0.4, 0.5) is 14.5 Å². The minimum absolute atomic E-state index is 0.0533. The fraction of sp³-hybridized carbons (Fsp3) is 0.533. The number of nitrogens with two attached hydrogens (primary N) is 1. The number of nitrogens with one attached hydrogen (secondary N) is 1. The maximum absolute atomic E-state index is 12.3. The molecule has 0 bridgehead atoms. The summed E-state index contributed by atoms with van der Waals surface area (Å²) >= 11 is 0. The maximum Gasteiger partial charge on any atom is 0.387 e. The normalized spacial score (nSPS) is 17.6. The Morgan fingerprint density at radius 2 is 2.00 bits per heavy atom. The predicted octanol–water partition coefficient (Wildman–Crippen LogP) is 3.20. The molecule has 0 saturated heterocycles. The average Bonchev–Trinajstić information content (AvgIpc) is 2.43. The fourth-order valence-corrected chi connectivity index (χ4v) is 2.57. The molecule has 0 aliphatic heterocycles. The summed E-state index contributed by atoms with van der Waals surface area (Å²) in [6.45, 7) is -1.23. The highest BCUT2D eigenvalue weighted by molar-refractivity contribution is 5.98. The smallest absolute Gasteiger partial charge is 0.387 e. The first kappa shape index (κ1) is 15.7. The Kier molecular flexibility index (Phi) is 4.77. The number of hydrogen-bond donors (Lipinski definition) is 2. The third kappa shape index (κ3) is 3.91. The summed E-state index contributed by atoms with van der Waals surface area (Å²) < 4.78 is 29.1. The molecule has 0 heterocycles. The van der Waals surface area contributed by atoms with Gasteiger partial charge in [-0.25, -0.2) is 0 Å². The summed E-state index contributed by atoms with van der Waals surface area (Å²) in [6.07, 6.45) is 4.23. The first-order chi connectivity index (χ1) is 9.90.